The number of fused-ring (bicyclic) bond motifs is 3. The number of aromatic nitrogens is 4. The molecule has 1 aliphatic heterocycles. The van der Waals surface area contributed by atoms with Crippen molar-refractivity contribution in [3.8, 4) is 11.6 Å². The topological polar surface area (TPSA) is 111 Å². The van der Waals surface area contributed by atoms with Gasteiger partial charge < -0.3 is 15.4 Å². The Morgan fingerprint density at radius 3 is 3.00 bits per heavy atom. The number of anilines is 1. The number of rotatable bonds is 4. The lowest BCUT2D eigenvalue weighted by Crippen LogP contribution is -2.39. The Balaban J connectivity index is 1.25. The molecule has 0 fully saturated rings. The predicted octanol–water partition coefficient (Wildman–Crippen LogP) is 3.43. The zero-order valence-corrected chi connectivity index (χ0v) is 20.4. The highest BCUT2D eigenvalue weighted by molar-refractivity contribution is 8.00. The molecule has 0 spiro atoms. The van der Waals surface area contributed by atoms with E-state index in [0.717, 1.165) is 34.8 Å². The van der Waals surface area contributed by atoms with Crippen molar-refractivity contribution in [1.82, 2.24) is 25.1 Å². The van der Waals surface area contributed by atoms with Gasteiger partial charge in [0, 0.05) is 29.4 Å². The largest absolute Gasteiger partial charge is 0.481 e. The number of carbonyl (C=O) groups excluding carboxylic acids is 2. The van der Waals surface area contributed by atoms with Gasteiger partial charge in [-0.15, -0.1) is 11.8 Å². The summed E-state index contributed by atoms with van der Waals surface area (Å²) in [5.74, 6) is -2.77. The molecule has 1 atom stereocenters. The van der Waals surface area contributed by atoms with Crippen LogP contribution in [0.15, 0.2) is 41.6 Å². The summed E-state index contributed by atoms with van der Waals surface area (Å²) in [5, 5.41) is 9.87. The van der Waals surface area contributed by atoms with Crippen LogP contribution in [0.5, 0.6) is 5.88 Å². The molecule has 0 saturated heterocycles. The highest BCUT2D eigenvalue weighted by atomic mass is 32.2. The SMILES string of the molecule is COc1ccc2nccc(-n3cc4c(n3)CCC(NC(=O)c3c(F)cc5c(c3F)NC(=O)CS5)C4)c2n1. The van der Waals surface area contributed by atoms with Crippen LogP contribution >= 0.6 is 11.8 Å². The minimum Gasteiger partial charge on any atom is -0.481 e. The lowest BCUT2D eigenvalue weighted by molar-refractivity contribution is -0.113. The van der Waals surface area contributed by atoms with E-state index >= 15 is 4.39 Å². The fourth-order valence-electron chi connectivity index (χ4n) is 4.66. The van der Waals surface area contributed by atoms with Crippen LogP contribution in [0.1, 0.15) is 28.0 Å². The molecule has 6 rings (SSSR count). The number of hydrogen-bond acceptors (Lipinski definition) is 7. The van der Waals surface area contributed by atoms with Crippen molar-refractivity contribution in [2.75, 3.05) is 18.2 Å². The van der Waals surface area contributed by atoms with Gasteiger partial charge in [0.25, 0.3) is 5.91 Å². The fourth-order valence-corrected chi connectivity index (χ4v) is 5.49. The maximum absolute atomic E-state index is 15.0. The van der Waals surface area contributed by atoms with Gasteiger partial charge in [0.15, 0.2) is 5.82 Å². The number of amides is 2. The maximum Gasteiger partial charge on any atom is 0.257 e. The third-order valence-corrected chi connectivity index (χ3v) is 7.47. The third kappa shape index (κ3) is 4.16. The van der Waals surface area contributed by atoms with Crippen molar-refractivity contribution in [2.45, 2.75) is 30.2 Å². The average Bonchev–Trinajstić information content (AvgIpc) is 3.31. The van der Waals surface area contributed by atoms with Crippen LogP contribution in [-0.4, -0.2) is 50.5 Å². The smallest absolute Gasteiger partial charge is 0.257 e. The molecule has 1 aliphatic carbocycles. The summed E-state index contributed by atoms with van der Waals surface area (Å²) in [7, 11) is 1.54. The number of thioether (sulfide) groups is 1. The molecule has 2 N–H and O–H groups in total. The normalized spacial score (nSPS) is 16.6. The van der Waals surface area contributed by atoms with Gasteiger partial charge in [-0.2, -0.15) is 5.10 Å². The Labute approximate surface area is 213 Å². The molecule has 2 amide bonds. The highest BCUT2D eigenvalue weighted by Gasteiger charge is 2.30. The number of benzene rings is 1. The molecule has 4 aromatic rings. The Morgan fingerprint density at radius 1 is 1.30 bits per heavy atom. The average molecular weight is 523 g/mol. The summed E-state index contributed by atoms with van der Waals surface area (Å²) in [5.41, 5.74) is 3.00. The molecule has 1 unspecified atom stereocenters. The number of aryl methyl sites for hydroxylation is 1. The van der Waals surface area contributed by atoms with Gasteiger partial charge in [-0.05, 0) is 43.0 Å². The number of ether oxygens (including phenoxy) is 1. The van der Waals surface area contributed by atoms with Gasteiger partial charge in [0.05, 0.1) is 35.4 Å². The van der Waals surface area contributed by atoms with Crippen LogP contribution < -0.4 is 15.4 Å². The Hall–Kier alpha value is -4.06. The van der Waals surface area contributed by atoms with E-state index in [1.807, 2.05) is 18.3 Å². The second kappa shape index (κ2) is 9.11. The van der Waals surface area contributed by atoms with Crippen LogP contribution in [0, 0.1) is 11.6 Å². The predicted molar refractivity (Wildman–Crippen MR) is 132 cm³/mol. The van der Waals surface area contributed by atoms with Gasteiger partial charge in [-0.1, -0.05) is 0 Å². The maximum atomic E-state index is 15.0. The van der Waals surface area contributed by atoms with Crippen molar-refractivity contribution in [3.63, 3.8) is 0 Å². The molecule has 3 aromatic heterocycles. The minimum atomic E-state index is -1.06. The second-order valence-electron chi connectivity index (χ2n) is 8.77. The zero-order valence-electron chi connectivity index (χ0n) is 19.5. The summed E-state index contributed by atoms with van der Waals surface area (Å²) in [4.78, 5) is 33.7. The van der Waals surface area contributed by atoms with Gasteiger partial charge in [0.2, 0.25) is 11.8 Å². The molecular formula is C25H20F2N6O3S. The molecule has 12 heteroatoms. The Morgan fingerprint density at radius 2 is 2.16 bits per heavy atom. The zero-order chi connectivity index (χ0) is 25.7. The fraction of sp³-hybridized carbons (Fsp3) is 0.240. The molecule has 9 nitrogen and oxygen atoms in total. The number of carbonyl (C=O) groups is 2. The van der Waals surface area contributed by atoms with Crippen molar-refractivity contribution < 1.29 is 23.1 Å². The van der Waals surface area contributed by atoms with Gasteiger partial charge in [-0.3, -0.25) is 14.6 Å². The molecule has 188 valence electrons. The van der Waals surface area contributed by atoms with Crippen LogP contribution in [0.3, 0.4) is 0 Å². The number of nitrogens with zero attached hydrogens (tertiary/aromatic N) is 4. The van der Waals surface area contributed by atoms with Gasteiger partial charge in [-0.25, -0.2) is 18.4 Å². The van der Waals surface area contributed by atoms with Crippen LogP contribution in [0.2, 0.25) is 0 Å². The first-order valence-electron chi connectivity index (χ1n) is 11.5. The van der Waals surface area contributed by atoms with E-state index in [-0.39, 0.29) is 22.4 Å². The summed E-state index contributed by atoms with van der Waals surface area (Å²) >= 11 is 1.03. The summed E-state index contributed by atoms with van der Waals surface area (Å²) in [6.45, 7) is 0. The Kier molecular flexibility index (Phi) is 5.75. The van der Waals surface area contributed by atoms with Crippen LogP contribution in [0.25, 0.3) is 16.7 Å². The molecule has 2 aliphatic rings. The van der Waals surface area contributed by atoms with Crippen LogP contribution in [0.4, 0.5) is 14.5 Å². The molecule has 0 saturated carbocycles. The first-order chi connectivity index (χ1) is 17.9. The molecule has 1 aromatic carbocycles. The van der Waals surface area contributed by atoms with Gasteiger partial charge >= 0.3 is 0 Å². The molecule has 0 bridgehead atoms. The number of pyridine rings is 2. The first-order valence-corrected chi connectivity index (χ1v) is 12.5. The molecular weight excluding hydrogens is 502 g/mol. The minimum absolute atomic E-state index is 0.0639. The van der Waals surface area contributed by atoms with Crippen molar-refractivity contribution in [1.29, 1.82) is 0 Å². The quantitative estimate of drug-likeness (QED) is 0.423. The van der Waals surface area contributed by atoms with E-state index in [2.05, 4.69) is 20.6 Å². The summed E-state index contributed by atoms with van der Waals surface area (Å²) in [6.07, 6.45) is 5.13. The van der Waals surface area contributed by atoms with Crippen molar-refractivity contribution in [3.05, 3.63) is 65.1 Å². The van der Waals surface area contributed by atoms with E-state index < -0.39 is 29.0 Å². The van der Waals surface area contributed by atoms with E-state index in [9.17, 15) is 14.0 Å². The lowest BCUT2D eigenvalue weighted by atomic mass is 9.93. The van der Waals surface area contributed by atoms with Crippen molar-refractivity contribution in [2.24, 2.45) is 0 Å². The third-order valence-electron chi connectivity index (χ3n) is 6.43. The highest BCUT2D eigenvalue weighted by Crippen LogP contribution is 2.36. The molecule has 37 heavy (non-hydrogen) atoms. The van der Waals surface area contributed by atoms with E-state index in [4.69, 9.17) is 9.84 Å². The molecule has 4 heterocycles. The monoisotopic (exact) mass is 522 g/mol. The second-order valence-corrected chi connectivity index (χ2v) is 9.78. The first kappa shape index (κ1) is 23.3. The Bertz CT molecular complexity index is 1590. The molecule has 0 radical (unpaired) electrons. The van der Waals surface area contributed by atoms with Crippen LogP contribution in [-0.2, 0) is 17.6 Å². The van der Waals surface area contributed by atoms with E-state index in [1.165, 1.54) is 0 Å². The van der Waals surface area contributed by atoms with Crippen molar-refractivity contribution >= 4 is 40.3 Å². The number of methoxy groups -OCH3 is 1. The van der Waals surface area contributed by atoms with E-state index in [1.54, 1.807) is 24.1 Å². The lowest BCUT2D eigenvalue weighted by Gasteiger charge is -2.23. The number of nitrogens with one attached hydrogen (secondary N) is 2. The summed E-state index contributed by atoms with van der Waals surface area (Å²) in [6, 6.07) is 6.11. The standard InChI is InChI=1S/C25H20F2N6O3S/c1-36-20-5-4-16-23(31-20)17(6-7-28-16)33-10-12-8-13(2-3-15(12)32-33)29-25(35)21-14(26)9-18-24(22(21)27)30-19(34)11-37-18/h4-7,9-10,13H,2-3,8,11H2,1H3,(H,29,35)(H,30,34). The van der Waals surface area contributed by atoms with E-state index in [0.29, 0.717) is 36.2 Å². The number of halogens is 2. The number of hydrogen-bond donors (Lipinski definition) is 2. The summed E-state index contributed by atoms with van der Waals surface area (Å²) < 4.78 is 36.7. The van der Waals surface area contributed by atoms with Gasteiger partial charge in [0.1, 0.15) is 16.9 Å².